The Balaban J connectivity index is 1.49. The van der Waals surface area contributed by atoms with Crippen LogP contribution >= 0.6 is 0 Å². The molecule has 0 saturated carbocycles. The normalized spacial score (nSPS) is 10.3. The topological polar surface area (TPSA) is 64.6 Å². The average Bonchev–Trinajstić information content (AvgIpc) is 2.70. The van der Waals surface area contributed by atoms with Crippen molar-refractivity contribution in [3.63, 3.8) is 0 Å². The molecule has 0 aromatic heterocycles. The predicted octanol–water partition coefficient (Wildman–Crippen LogP) is 3.32. The summed E-state index contributed by atoms with van der Waals surface area (Å²) in [5.41, 5.74) is 1.35. The van der Waals surface area contributed by atoms with Crippen molar-refractivity contribution < 1.29 is 19.1 Å². The fraction of sp³-hybridized carbons (Fsp3) is 0.143. The van der Waals surface area contributed by atoms with E-state index < -0.39 is 5.97 Å². The molecule has 3 rings (SSSR count). The first kappa shape index (κ1) is 17.5. The van der Waals surface area contributed by atoms with Gasteiger partial charge < -0.3 is 14.8 Å². The number of fused-ring (bicyclic) bond motifs is 1. The molecule has 0 aliphatic rings. The van der Waals surface area contributed by atoms with E-state index in [0.29, 0.717) is 11.3 Å². The summed E-state index contributed by atoms with van der Waals surface area (Å²) in [6.45, 7) is -0.0134. The zero-order valence-corrected chi connectivity index (χ0v) is 14.4. The summed E-state index contributed by atoms with van der Waals surface area (Å²) in [6.07, 6.45) is 0. The maximum Gasteiger partial charge on any atom is 0.325 e. The zero-order chi connectivity index (χ0) is 18.4. The van der Waals surface area contributed by atoms with Crippen molar-refractivity contribution in [1.82, 2.24) is 5.32 Å². The predicted molar refractivity (Wildman–Crippen MR) is 99.1 cm³/mol. The fourth-order valence-corrected chi connectivity index (χ4v) is 2.54. The van der Waals surface area contributed by atoms with Crippen LogP contribution in [0.25, 0.3) is 10.8 Å². The van der Waals surface area contributed by atoms with Crippen LogP contribution in [-0.4, -0.2) is 25.5 Å². The number of methoxy groups -OCH3 is 1. The largest absolute Gasteiger partial charge is 0.497 e. The highest BCUT2D eigenvalue weighted by Gasteiger charge is 2.09. The third-order valence-corrected chi connectivity index (χ3v) is 3.96. The van der Waals surface area contributed by atoms with Gasteiger partial charge in [-0.25, -0.2) is 0 Å². The van der Waals surface area contributed by atoms with Crippen molar-refractivity contribution >= 4 is 22.6 Å². The van der Waals surface area contributed by atoms with Gasteiger partial charge in [0.1, 0.15) is 18.9 Å². The molecule has 3 aromatic rings. The number of amides is 1. The first-order valence-electron chi connectivity index (χ1n) is 8.21. The number of hydrogen-bond donors (Lipinski definition) is 1. The second-order valence-corrected chi connectivity index (χ2v) is 5.75. The van der Waals surface area contributed by atoms with Crippen LogP contribution in [-0.2, 0) is 16.1 Å². The number of nitrogens with one attached hydrogen (secondary N) is 1. The standard InChI is InChI=1S/C21H19NO4/c1-25-19-10-8-17(9-11-19)21(24)22-13-20(23)26-14-15-6-7-16-4-2-3-5-18(16)12-15/h2-12H,13-14H2,1H3,(H,22,24). The van der Waals surface area contributed by atoms with E-state index >= 15 is 0 Å². The van der Waals surface area contributed by atoms with Crippen LogP contribution in [0.3, 0.4) is 0 Å². The Bertz CT molecular complexity index is 919. The minimum absolute atomic E-state index is 0.169. The van der Waals surface area contributed by atoms with Gasteiger partial charge in [-0.2, -0.15) is 0 Å². The molecule has 1 amide bonds. The number of hydrogen-bond acceptors (Lipinski definition) is 4. The van der Waals surface area contributed by atoms with E-state index in [1.807, 2.05) is 42.5 Å². The zero-order valence-electron chi connectivity index (χ0n) is 14.4. The maximum atomic E-state index is 12.0. The monoisotopic (exact) mass is 349 g/mol. The van der Waals surface area contributed by atoms with Gasteiger partial charge in [0, 0.05) is 5.56 Å². The van der Waals surface area contributed by atoms with Gasteiger partial charge in [-0.15, -0.1) is 0 Å². The molecule has 0 spiro atoms. The summed E-state index contributed by atoms with van der Waals surface area (Å²) in [5, 5.41) is 4.77. The van der Waals surface area contributed by atoms with E-state index in [0.717, 1.165) is 16.3 Å². The molecule has 5 nitrogen and oxygen atoms in total. The van der Waals surface area contributed by atoms with Crippen molar-refractivity contribution in [3.8, 4) is 5.75 Å². The summed E-state index contributed by atoms with van der Waals surface area (Å²) in [4.78, 5) is 23.9. The minimum atomic E-state index is -0.486. The van der Waals surface area contributed by atoms with Crippen LogP contribution in [0.1, 0.15) is 15.9 Å². The second-order valence-electron chi connectivity index (χ2n) is 5.75. The lowest BCUT2D eigenvalue weighted by Gasteiger charge is -2.08. The van der Waals surface area contributed by atoms with Gasteiger partial charge in [-0.1, -0.05) is 36.4 Å². The molecule has 26 heavy (non-hydrogen) atoms. The number of carbonyl (C=O) groups is 2. The average molecular weight is 349 g/mol. The first-order chi connectivity index (χ1) is 12.7. The van der Waals surface area contributed by atoms with Gasteiger partial charge in [0.05, 0.1) is 7.11 Å². The van der Waals surface area contributed by atoms with Crippen LogP contribution < -0.4 is 10.1 Å². The third kappa shape index (κ3) is 4.39. The SMILES string of the molecule is COc1ccc(C(=O)NCC(=O)OCc2ccc3ccccc3c2)cc1. The van der Waals surface area contributed by atoms with Crippen LogP contribution in [0, 0.1) is 0 Å². The quantitative estimate of drug-likeness (QED) is 0.694. The van der Waals surface area contributed by atoms with E-state index in [9.17, 15) is 9.59 Å². The highest BCUT2D eigenvalue weighted by atomic mass is 16.5. The maximum absolute atomic E-state index is 12.0. The number of rotatable bonds is 6. The number of carbonyl (C=O) groups excluding carboxylic acids is 2. The second kappa shape index (κ2) is 8.16. The van der Waals surface area contributed by atoms with Gasteiger partial charge in [0.2, 0.25) is 0 Å². The molecule has 0 bridgehead atoms. The van der Waals surface area contributed by atoms with Crippen molar-refractivity contribution in [2.75, 3.05) is 13.7 Å². The molecule has 0 saturated heterocycles. The molecule has 0 heterocycles. The smallest absolute Gasteiger partial charge is 0.325 e. The summed E-state index contributed by atoms with van der Waals surface area (Å²) in [7, 11) is 1.56. The molecule has 0 unspecified atom stereocenters. The molecule has 1 N–H and O–H groups in total. The Morgan fingerprint density at radius 1 is 0.923 bits per heavy atom. The lowest BCUT2D eigenvalue weighted by Crippen LogP contribution is -2.30. The first-order valence-corrected chi connectivity index (χ1v) is 8.21. The summed E-state index contributed by atoms with van der Waals surface area (Å²) in [6, 6.07) is 20.5. The lowest BCUT2D eigenvalue weighted by molar-refractivity contribution is -0.143. The van der Waals surface area contributed by atoms with Crippen LogP contribution in [0.5, 0.6) is 5.75 Å². The Hall–Kier alpha value is -3.34. The Labute approximate surface area is 151 Å². The molecule has 5 heteroatoms. The van der Waals surface area contributed by atoms with Crippen molar-refractivity contribution in [2.45, 2.75) is 6.61 Å². The highest BCUT2D eigenvalue weighted by molar-refractivity contribution is 5.96. The molecular weight excluding hydrogens is 330 g/mol. The fourth-order valence-electron chi connectivity index (χ4n) is 2.54. The van der Waals surface area contributed by atoms with Gasteiger partial charge >= 0.3 is 5.97 Å². The highest BCUT2D eigenvalue weighted by Crippen LogP contribution is 2.16. The van der Waals surface area contributed by atoms with Gasteiger partial charge in [0.25, 0.3) is 5.91 Å². The molecule has 0 radical (unpaired) electrons. The van der Waals surface area contributed by atoms with E-state index in [1.54, 1.807) is 31.4 Å². The lowest BCUT2D eigenvalue weighted by atomic mass is 10.1. The summed E-state index contributed by atoms with van der Waals surface area (Å²) in [5.74, 6) is -0.160. The number of ether oxygens (including phenoxy) is 2. The van der Waals surface area contributed by atoms with Crippen molar-refractivity contribution in [2.24, 2.45) is 0 Å². The molecule has 0 atom stereocenters. The summed E-state index contributed by atoms with van der Waals surface area (Å²) >= 11 is 0. The molecule has 0 fully saturated rings. The Kier molecular flexibility index (Phi) is 5.49. The molecular formula is C21H19NO4. The van der Waals surface area contributed by atoms with E-state index in [2.05, 4.69) is 5.32 Å². The molecule has 0 aliphatic heterocycles. The van der Waals surface area contributed by atoms with Crippen LogP contribution in [0.15, 0.2) is 66.7 Å². The van der Waals surface area contributed by atoms with Gasteiger partial charge in [-0.05, 0) is 46.7 Å². The Morgan fingerprint density at radius 3 is 2.38 bits per heavy atom. The van der Waals surface area contributed by atoms with Gasteiger partial charge in [0.15, 0.2) is 0 Å². The minimum Gasteiger partial charge on any atom is -0.497 e. The van der Waals surface area contributed by atoms with Gasteiger partial charge in [-0.3, -0.25) is 9.59 Å². The van der Waals surface area contributed by atoms with E-state index in [1.165, 1.54) is 0 Å². The number of benzene rings is 3. The third-order valence-electron chi connectivity index (χ3n) is 3.96. The van der Waals surface area contributed by atoms with Crippen LogP contribution in [0.2, 0.25) is 0 Å². The molecule has 0 aliphatic carbocycles. The van der Waals surface area contributed by atoms with E-state index in [4.69, 9.17) is 9.47 Å². The Morgan fingerprint density at radius 2 is 1.65 bits per heavy atom. The molecule has 3 aromatic carbocycles. The van der Waals surface area contributed by atoms with Crippen LogP contribution in [0.4, 0.5) is 0 Å². The van der Waals surface area contributed by atoms with Crippen molar-refractivity contribution in [1.29, 1.82) is 0 Å². The number of esters is 1. The summed E-state index contributed by atoms with van der Waals surface area (Å²) < 4.78 is 10.3. The van der Waals surface area contributed by atoms with Crippen molar-refractivity contribution in [3.05, 3.63) is 77.9 Å². The molecule has 132 valence electrons. The van der Waals surface area contributed by atoms with E-state index in [-0.39, 0.29) is 19.1 Å².